The van der Waals surface area contributed by atoms with Gasteiger partial charge in [0.2, 0.25) is 11.8 Å². The van der Waals surface area contributed by atoms with Crippen molar-refractivity contribution < 1.29 is 9.59 Å². The van der Waals surface area contributed by atoms with E-state index in [1.807, 2.05) is 65.6 Å². The number of rotatable bonds is 11. The zero-order valence-corrected chi connectivity index (χ0v) is 24.3. The fourth-order valence-electron chi connectivity index (χ4n) is 5.85. The molecule has 8 heteroatoms. The molecule has 0 saturated carbocycles. The molecule has 43 heavy (non-hydrogen) atoms. The molecule has 1 heterocycles. The molecule has 0 spiro atoms. The summed E-state index contributed by atoms with van der Waals surface area (Å²) in [6.45, 7) is 1.49. The summed E-state index contributed by atoms with van der Waals surface area (Å²) >= 11 is 0. The van der Waals surface area contributed by atoms with Gasteiger partial charge in [0.1, 0.15) is 0 Å². The molecule has 4 aromatic rings. The summed E-state index contributed by atoms with van der Waals surface area (Å²) < 4.78 is 0. The quantitative estimate of drug-likeness (QED) is 0.104. The van der Waals surface area contributed by atoms with Crippen LogP contribution in [0.2, 0.25) is 0 Å². The average Bonchev–Trinajstić information content (AvgIpc) is 3.18. The van der Waals surface area contributed by atoms with Crippen LogP contribution in [0.25, 0.3) is 10.8 Å². The van der Waals surface area contributed by atoms with Gasteiger partial charge in [-0.2, -0.15) is 0 Å². The van der Waals surface area contributed by atoms with Crippen molar-refractivity contribution in [1.82, 2.24) is 20.9 Å². The van der Waals surface area contributed by atoms with Gasteiger partial charge in [0.05, 0.1) is 18.5 Å². The second-order valence-electron chi connectivity index (χ2n) is 11.1. The van der Waals surface area contributed by atoms with Crippen molar-refractivity contribution in [3.63, 3.8) is 0 Å². The van der Waals surface area contributed by atoms with E-state index in [1.54, 1.807) is 0 Å². The first-order valence-corrected chi connectivity index (χ1v) is 15.0. The van der Waals surface area contributed by atoms with E-state index >= 15 is 0 Å². The van der Waals surface area contributed by atoms with Gasteiger partial charge in [0.15, 0.2) is 5.96 Å². The number of hydrogen-bond acceptors (Lipinski definition) is 4. The Kier molecular flexibility index (Phi) is 10.0. The molecule has 222 valence electrons. The van der Waals surface area contributed by atoms with Crippen LogP contribution >= 0.6 is 0 Å². The normalized spacial score (nSPS) is 17.0. The van der Waals surface area contributed by atoms with Crippen LogP contribution in [0.1, 0.15) is 42.0 Å². The maximum atomic E-state index is 14.2. The fraction of sp³-hybridized carbons (Fsp3) is 0.286. The van der Waals surface area contributed by atoms with Crippen molar-refractivity contribution in [3.05, 3.63) is 120 Å². The van der Waals surface area contributed by atoms with Gasteiger partial charge in [-0.3, -0.25) is 15.0 Å². The van der Waals surface area contributed by atoms with E-state index in [4.69, 9.17) is 11.1 Å². The topological polar surface area (TPSA) is 123 Å². The standard InChI is InChI=1S/C35H40N6O2/c36-35(37)38-20-9-16-31-34(43)41(33(27-11-3-1-4-12-27)28-13-5-2-6-14-28)21-19-30(40-31)24-39-32(42)23-25-17-18-26-10-7-8-15-29(26)22-25/h1-8,10-15,17-18,22,30-31,33,40H,9,16,19-21,23-24H2,(H,39,42)(H4,36,37,38)/t30-,31-/m1/s1. The van der Waals surface area contributed by atoms with Gasteiger partial charge >= 0.3 is 0 Å². The summed E-state index contributed by atoms with van der Waals surface area (Å²) in [5, 5.41) is 19.2. The van der Waals surface area contributed by atoms with E-state index in [0.29, 0.717) is 45.3 Å². The lowest BCUT2D eigenvalue weighted by Gasteiger charge is -2.33. The number of nitrogens with zero attached hydrogens (tertiary/aromatic N) is 1. The summed E-state index contributed by atoms with van der Waals surface area (Å²) in [7, 11) is 0. The Bertz CT molecular complexity index is 1490. The Hall–Kier alpha value is -4.69. The second kappa shape index (κ2) is 14.5. The highest BCUT2D eigenvalue weighted by Gasteiger charge is 2.35. The van der Waals surface area contributed by atoms with Crippen LogP contribution in [0.3, 0.4) is 0 Å². The Morgan fingerprint density at radius 2 is 1.56 bits per heavy atom. The summed E-state index contributed by atoms with van der Waals surface area (Å²) in [5.74, 6) is -0.0920. The smallest absolute Gasteiger partial charge is 0.240 e. The molecule has 6 N–H and O–H groups in total. The predicted octanol–water partition coefficient (Wildman–Crippen LogP) is 4.11. The molecule has 0 radical (unpaired) electrons. The number of fused-ring (bicyclic) bond motifs is 1. The molecular formula is C35H40N6O2. The van der Waals surface area contributed by atoms with Crippen LogP contribution < -0.4 is 21.7 Å². The Morgan fingerprint density at radius 3 is 2.23 bits per heavy atom. The minimum absolute atomic E-state index is 0.0329. The molecule has 0 bridgehead atoms. The zero-order valence-electron chi connectivity index (χ0n) is 24.3. The lowest BCUT2D eigenvalue weighted by Crippen LogP contribution is -2.49. The van der Waals surface area contributed by atoms with E-state index < -0.39 is 6.04 Å². The molecule has 0 aromatic heterocycles. The highest BCUT2D eigenvalue weighted by Crippen LogP contribution is 2.31. The molecule has 1 aliphatic rings. The van der Waals surface area contributed by atoms with Crippen molar-refractivity contribution in [3.8, 4) is 0 Å². The van der Waals surface area contributed by atoms with Crippen LogP contribution in [-0.4, -0.2) is 54.4 Å². The van der Waals surface area contributed by atoms with Gasteiger partial charge in [0.25, 0.3) is 0 Å². The monoisotopic (exact) mass is 576 g/mol. The van der Waals surface area contributed by atoms with Crippen LogP contribution in [0.5, 0.6) is 0 Å². The van der Waals surface area contributed by atoms with Gasteiger partial charge in [-0.05, 0) is 46.7 Å². The highest BCUT2D eigenvalue weighted by atomic mass is 16.2. The Morgan fingerprint density at radius 1 is 0.907 bits per heavy atom. The van der Waals surface area contributed by atoms with E-state index in [9.17, 15) is 9.59 Å². The van der Waals surface area contributed by atoms with Crippen LogP contribution in [0, 0.1) is 5.41 Å². The predicted molar refractivity (Wildman–Crippen MR) is 172 cm³/mol. The number of benzene rings is 4. The fourth-order valence-corrected chi connectivity index (χ4v) is 5.85. The largest absolute Gasteiger partial charge is 0.370 e. The average molecular weight is 577 g/mol. The van der Waals surface area contributed by atoms with Crippen LogP contribution in [0.15, 0.2) is 103 Å². The number of hydrogen-bond donors (Lipinski definition) is 5. The number of carbonyl (C=O) groups excluding carboxylic acids is 2. The van der Waals surface area contributed by atoms with E-state index in [1.165, 1.54) is 0 Å². The summed E-state index contributed by atoms with van der Waals surface area (Å²) in [4.78, 5) is 29.2. The first-order valence-electron chi connectivity index (χ1n) is 15.0. The van der Waals surface area contributed by atoms with Gasteiger partial charge in [-0.1, -0.05) is 103 Å². The van der Waals surface area contributed by atoms with Gasteiger partial charge in [-0.25, -0.2) is 0 Å². The van der Waals surface area contributed by atoms with Crippen molar-refractivity contribution in [1.29, 1.82) is 5.41 Å². The first kappa shape index (κ1) is 29.8. The van der Waals surface area contributed by atoms with Crippen molar-refractivity contribution in [2.45, 2.75) is 43.8 Å². The van der Waals surface area contributed by atoms with Gasteiger partial charge in [0, 0.05) is 25.7 Å². The molecule has 5 rings (SSSR count). The van der Waals surface area contributed by atoms with Crippen LogP contribution in [-0.2, 0) is 16.0 Å². The first-order chi connectivity index (χ1) is 21.0. The molecule has 1 fully saturated rings. The van der Waals surface area contributed by atoms with Crippen molar-refractivity contribution in [2.75, 3.05) is 19.6 Å². The maximum absolute atomic E-state index is 14.2. The Balaban J connectivity index is 1.31. The minimum atomic E-state index is -0.437. The number of nitrogens with one attached hydrogen (secondary N) is 4. The Labute approximate surface area is 253 Å². The molecule has 1 aliphatic heterocycles. The molecule has 8 nitrogen and oxygen atoms in total. The van der Waals surface area contributed by atoms with Crippen molar-refractivity contribution >= 4 is 28.5 Å². The van der Waals surface area contributed by atoms with Crippen molar-refractivity contribution in [2.24, 2.45) is 5.73 Å². The van der Waals surface area contributed by atoms with Gasteiger partial charge in [-0.15, -0.1) is 0 Å². The maximum Gasteiger partial charge on any atom is 0.240 e. The summed E-state index contributed by atoms with van der Waals surface area (Å²) in [6, 6.07) is 33.8. The lowest BCUT2D eigenvalue weighted by atomic mass is 9.96. The minimum Gasteiger partial charge on any atom is -0.370 e. The third kappa shape index (κ3) is 7.99. The van der Waals surface area contributed by atoms with Crippen LogP contribution in [0.4, 0.5) is 0 Å². The SMILES string of the molecule is N=C(N)NCCC[C@H]1N[C@@H](CNC(=O)Cc2ccc3ccccc3c2)CCN(C(c2ccccc2)c2ccccc2)C1=O. The number of carbonyl (C=O) groups is 2. The molecule has 0 aliphatic carbocycles. The molecule has 2 amide bonds. The third-order valence-electron chi connectivity index (χ3n) is 7.99. The second-order valence-corrected chi connectivity index (χ2v) is 11.1. The zero-order chi connectivity index (χ0) is 30.0. The summed E-state index contributed by atoms with van der Waals surface area (Å²) in [5.41, 5.74) is 8.55. The summed E-state index contributed by atoms with van der Waals surface area (Å²) in [6.07, 6.45) is 2.24. The van der Waals surface area contributed by atoms with E-state index in [-0.39, 0.29) is 29.9 Å². The highest BCUT2D eigenvalue weighted by molar-refractivity contribution is 5.85. The lowest BCUT2D eigenvalue weighted by molar-refractivity contribution is -0.134. The number of nitrogens with two attached hydrogens (primary N) is 1. The molecular weight excluding hydrogens is 536 g/mol. The van der Waals surface area contributed by atoms with E-state index in [0.717, 1.165) is 27.5 Å². The molecule has 4 aromatic carbocycles. The molecule has 0 unspecified atom stereocenters. The molecule has 2 atom stereocenters. The number of amides is 2. The van der Waals surface area contributed by atoms with Gasteiger partial charge < -0.3 is 26.6 Å². The number of guanidine groups is 1. The molecule has 1 saturated heterocycles. The third-order valence-corrected chi connectivity index (χ3v) is 7.99. The van der Waals surface area contributed by atoms with E-state index in [2.05, 4.69) is 58.4 Å².